The van der Waals surface area contributed by atoms with Crippen molar-refractivity contribution in [3.05, 3.63) is 83.0 Å². The number of anilines is 2. The average molecular weight is 391 g/mol. The smallest absolute Gasteiger partial charge is 0.346 e. The summed E-state index contributed by atoms with van der Waals surface area (Å²) in [6.45, 7) is 0. The second-order valence-electron chi connectivity index (χ2n) is 6.36. The summed E-state index contributed by atoms with van der Waals surface area (Å²) in [7, 11) is 3.12. The van der Waals surface area contributed by atoms with Gasteiger partial charge in [0, 0.05) is 17.1 Å². The molecule has 3 aromatic carbocycles. The first kappa shape index (κ1) is 18.6. The van der Waals surface area contributed by atoms with E-state index < -0.39 is 5.63 Å². The minimum atomic E-state index is -0.500. The van der Waals surface area contributed by atoms with Gasteiger partial charge < -0.3 is 19.2 Å². The van der Waals surface area contributed by atoms with Gasteiger partial charge in [0.25, 0.3) is 0 Å². The van der Waals surface area contributed by atoms with Gasteiger partial charge in [-0.1, -0.05) is 12.1 Å². The van der Waals surface area contributed by atoms with Crippen molar-refractivity contribution in [3.63, 3.8) is 0 Å². The molecular weight excluding hydrogens is 373 g/mol. The molecule has 0 radical (unpaired) electrons. The minimum Gasteiger partial charge on any atom is -0.497 e. The third-order valence-electron chi connectivity index (χ3n) is 4.61. The van der Waals surface area contributed by atoms with E-state index in [2.05, 4.69) is 5.32 Å². The van der Waals surface area contributed by atoms with Crippen molar-refractivity contribution in [2.45, 2.75) is 0 Å². The zero-order valence-corrected chi connectivity index (χ0v) is 15.9. The summed E-state index contributed by atoms with van der Waals surface area (Å²) in [6, 6.07) is 18.3. The first-order valence-electron chi connectivity index (χ1n) is 8.91. The van der Waals surface area contributed by atoms with E-state index in [0.29, 0.717) is 45.0 Å². The van der Waals surface area contributed by atoms with Gasteiger partial charge in [-0.25, -0.2) is 9.18 Å². The van der Waals surface area contributed by atoms with Gasteiger partial charge >= 0.3 is 5.63 Å². The van der Waals surface area contributed by atoms with Crippen LogP contribution in [0.25, 0.3) is 22.1 Å². The molecule has 29 heavy (non-hydrogen) atoms. The van der Waals surface area contributed by atoms with E-state index in [-0.39, 0.29) is 5.82 Å². The number of halogens is 1. The molecule has 1 heterocycles. The largest absolute Gasteiger partial charge is 0.497 e. The topological polar surface area (TPSA) is 60.7 Å². The van der Waals surface area contributed by atoms with E-state index in [1.54, 1.807) is 62.8 Å². The van der Waals surface area contributed by atoms with Gasteiger partial charge in [0.2, 0.25) is 0 Å². The second-order valence-corrected chi connectivity index (χ2v) is 6.36. The van der Waals surface area contributed by atoms with Gasteiger partial charge in [-0.15, -0.1) is 0 Å². The van der Waals surface area contributed by atoms with E-state index in [1.807, 2.05) is 6.07 Å². The van der Waals surface area contributed by atoms with Crippen LogP contribution in [0, 0.1) is 5.82 Å². The van der Waals surface area contributed by atoms with E-state index in [9.17, 15) is 9.18 Å². The molecule has 0 fully saturated rings. The van der Waals surface area contributed by atoms with E-state index in [1.165, 1.54) is 12.1 Å². The highest BCUT2D eigenvalue weighted by molar-refractivity contribution is 6.00. The molecule has 0 aliphatic heterocycles. The van der Waals surface area contributed by atoms with Crippen molar-refractivity contribution in [3.8, 4) is 22.6 Å². The molecule has 0 unspecified atom stereocenters. The normalized spacial score (nSPS) is 10.7. The number of hydrogen-bond donors (Lipinski definition) is 1. The highest BCUT2D eigenvalue weighted by atomic mass is 19.1. The van der Waals surface area contributed by atoms with E-state index in [0.717, 1.165) is 0 Å². The molecule has 0 aliphatic carbocycles. The summed E-state index contributed by atoms with van der Waals surface area (Å²) in [5.41, 5.74) is 2.13. The van der Waals surface area contributed by atoms with Crippen molar-refractivity contribution in [2.75, 3.05) is 19.5 Å². The fourth-order valence-electron chi connectivity index (χ4n) is 3.14. The highest BCUT2D eigenvalue weighted by Crippen LogP contribution is 2.36. The molecule has 0 atom stereocenters. The number of rotatable bonds is 5. The molecule has 0 saturated heterocycles. The molecule has 6 heteroatoms. The van der Waals surface area contributed by atoms with Gasteiger partial charge in [-0.05, 0) is 54.1 Å². The van der Waals surface area contributed by atoms with Gasteiger partial charge in [0.05, 0.1) is 25.5 Å². The summed E-state index contributed by atoms with van der Waals surface area (Å²) in [4.78, 5) is 12.9. The number of fused-ring (bicyclic) bond motifs is 1. The molecule has 146 valence electrons. The second kappa shape index (κ2) is 7.67. The lowest BCUT2D eigenvalue weighted by Crippen LogP contribution is -2.08. The summed E-state index contributed by atoms with van der Waals surface area (Å²) in [6.07, 6.45) is 0. The lowest BCUT2D eigenvalue weighted by Gasteiger charge is -2.15. The number of methoxy groups -OCH3 is 2. The Kier molecular flexibility index (Phi) is 4.91. The van der Waals surface area contributed by atoms with Crippen molar-refractivity contribution in [1.29, 1.82) is 0 Å². The Balaban J connectivity index is 1.95. The third-order valence-corrected chi connectivity index (χ3v) is 4.61. The molecule has 1 aromatic heterocycles. The van der Waals surface area contributed by atoms with Crippen LogP contribution in [0.2, 0.25) is 0 Å². The molecule has 0 bridgehead atoms. The molecule has 0 aliphatic rings. The molecule has 4 rings (SSSR count). The van der Waals surface area contributed by atoms with Crippen LogP contribution in [-0.2, 0) is 0 Å². The molecule has 0 saturated carbocycles. The lowest BCUT2D eigenvalue weighted by atomic mass is 10.0. The quantitative estimate of drug-likeness (QED) is 0.464. The van der Waals surface area contributed by atoms with Gasteiger partial charge in [0.1, 0.15) is 22.9 Å². The van der Waals surface area contributed by atoms with Crippen molar-refractivity contribution < 1.29 is 18.3 Å². The zero-order valence-electron chi connectivity index (χ0n) is 15.9. The van der Waals surface area contributed by atoms with Crippen LogP contribution in [0.15, 0.2) is 75.9 Å². The first-order chi connectivity index (χ1) is 14.1. The predicted molar refractivity (Wildman–Crippen MR) is 111 cm³/mol. The van der Waals surface area contributed by atoms with Crippen LogP contribution >= 0.6 is 0 Å². The van der Waals surface area contributed by atoms with Crippen LogP contribution in [0.3, 0.4) is 0 Å². The summed E-state index contributed by atoms with van der Waals surface area (Å²) in [5.74, 6) is 0.912. The Bertz CT molecular complexity index is 1210. The van der Waals surface area contributed by atoms with E-state index >= 15 is 0 Å². The number of hydrogen-bond acceptors (Lipinski definition) is 5. The number of benzene rings is 3. The summed E-state index contributed by atoms with van der Waals surface area (Å²) >= 11 is 0. The molecule has 5 nitrogen and oxygen atoms in total. The van der Waals surface area contributed by atoms with Crippen molar-refractivity contribution in [1.82, 2.24) is 0 Å². The van der Waals surface area contributed by atoms with Crippen LogP contribution < -0.4 is 20.4 Å². The van der Waals surface area contributed by atoms with Crippen LogP contribution in [-0.4, -0.2) is 14.2 Å². The monoisotopic (exact) mass is 391 g/mol. The molecule has 1 N–H and O–H groups in total. The molecule has 4 aromatic rings. The highest BCUT2D eigenvalue weighted by Gasteiger charge is 2.17. The van der Waals surface area contributed by atoms with Gasteiger partial charge in [-0.3, -0.25) is 0 Å². The maximum atomic E-state index is 13.3. The molecule has 0 spiro atoms. The van der Waals surface area contributed by atoms with Gasteiger partial charge in [0.15, 0.2) is 0 Å². The van der Waals surface area contributed by atoms with Crippen LogP contribution in [0.1, 0.15) is 0 Å². The Labute approximate surface area is 166 Å². The maximum absolute atomic E-state index is 13.3. The SMILES string of the molecule is COc1ccc(-c2c(Nc3ccc(F)cc3)c3ccc(OC)cc3oc2=O)cc1. The first-order valence-corrected chi connectivity index (χ1v) is 8.91. The Hall–Kier alpha value is -3.80. The van der Waals surface area contributed by atoms with Gasteiger partial charge in [-0.2, -0.15) is 0 Å². The zero-order chi connectivity index (χ0) is 20.4. The van der Waals surface area contributed by atoms with Crippen molar-refractivity contribution in [2.24, 2.45) is 0 Å². The summed E-state index contributed by atoms with van der Waals surface area (Å²) in [5, 5.41) is 3.94. The summed E-state index contributed by atoms with van der Waals surface area (Å²) < 4.78 is 29.3. The molecule has 0 amide bonds. The average Bonchev–Trinajstić information content (AvgIpc) is 2.75. The standard InChI is InChI=1S/C23H18FNO4/c1-27-17-9-3-14(4-10-17)21-22(25-16-7-5-15(24)6-8-16)19-12-11-18(28-2)13-20(19)29-23(21)26/h3-13,25H,1-2H3. The van der Waals surface area contributed by atoms with E-state index in [4.69, 9.17) is 13.9 Å². The minimum absolute atomic E-state index is 0.340. The Morgan fingerprint density at radius 2 is 1.52 bits per heavy atom. The maximum Gasteiger partial charge on any atom is 0.346 e. The Morgan fingerprint density at radius 3 is 2.17 bits per heavy atom. The fraction of sp³-hybridized carbons (Fsp3) is 0.0870. The lowest BCUT2D eigenvalue weighted by molar-refractivity contribution is 0.414. The Morgan fingerprint density at radius 1 is 0.862 bits per heavy atom. The third kappa shape index (κ3) is 3.65. The number of ether oxygens (including phenoxy) is 2. The van der Waals surface area contributed by atoms with Crippen molar-refractivity contribution >= 4 is 22.3 Å². The number of nitrogens with one attached hydrogen (secondary N) is 1. The van der Waals surface area contributed by atoms with Crippen LogP contribution in [0.5, 0.6) is 11.5 Å². The molecular formula is C23H18FNO4. The van der Waals surface area contributed by atoms with Crippen LogP contribution in [0.4, 0.5) is 15.8 Å². The predicted octanol–water partition coefficient (Wildman–Crippen LogP) is 5.36. The fourth-order valence-corrected chi connectivity index (χ4v) is 3.14.